The highest BCUT2D eigenvalue weighted by Gasteiger charge is 2.39. The molecule has 386 valence electrons. The lowest BCUT2D eigenvalue weighted by Gasteiger charge is -2.39. The van der Waals surface area contributed by atoms with Gasteiger partial charge in [0.05, 0.1) is 48.0 Å². The Hall–Kier alpha value is -0.600. The van der Waals surface area contributed by atoms with Gasteiger partial charge in [0.25, 0.3) is 0 Å². The van der Waals surface area contributed by atoms with E-state index < -0.39 is 5.60 Å². The first-order valence-electron chi connectivity index (χ1n) is 24.7. The zero-order valence-electron chi connectivity index (χ0n) is 43.2. The first kappa shape index (κ1) is 61.9. The Kier molecular flexibility index (Phi) is 23.8. The van der Waals surface area contributed by atoms with Gasteiger partial charge in [-0.3, -0.25) is 0 Å². The van der Waals surface area contributed by atoms with E-state index in [-0.39, 0.29) is 34.6 Å². The minimum absolute atomic E-state index is 0.0426. The van der Waals surface area contributed by atoms with Gasteiger partial charge in [0.2, 0.25) is 0 Å². The Balaban J connectivity index is 1.49. The molecule has 4 aromatic rings. The molecule has 4 nitrogen and oxygen atoms in total. The van der Waals surface area contributed by atoms with Crippen LogP contribution < -0.4 is 18.9 Å². The molecule has 4 unspecified atom stereocenters. The van der Waals surface area contributed by atoms with Crippen molar-refractivity contribution in [2.24, 2.45) is 11.8 Å². The second kappa shape index (κ2) is 26.9. The Morgan fingerprint density at radius 3 is 0.957 bits per heavy atom. The molecule has 0 saturated carbocycles. The Morgan fingerprint density at radius 1 is 0.414 bits per heavy atom. The summed E-state index contributed by atoms with van der Waals surface area (Å²) in [5.74, 6) is 3.88. The summed E-state index contributed by atoms with van der Waals surface area (Å²) < 4.78 is 34.5. The van der Waals surface area contributed by atoms with Gasteiger partial charge in [-0.05, 0) is 288 Å². The lowest BCUT2D eigenvalue weighted by molar-refractivity contribution is -0.00165. The third-order valence-corrected chi connectivity index (χ3v) is 19.6. The molecule has 0 fully saturated rings. The van der Waals surface area contributed by atoms with Crippen LogP contribution in [0.4, 0.5) is 0 Å². The van der Waals surface area contributed by atoms with Crippen molar-refractivity contribution in [2.45, 2.75) is 182 Å². The van der Waals surface area contributed by atoms with Gasteiger partial charge < -0.3 is 18.9 Å². The molecule has 0 aliphatic heterocycles. The molecule has 4 rings (SSSR count). The number of halogens is 8. The molecule has 4 atom stereocenters. The van der Waals surface area contributed by atoms with Crippen molar-refractivity contribution >= 4 is 127 Å². The summed E-state index contributed by atoms with van der Waals surface area (Å²) in [7, 11) is 0. The van der Waals surface area contributed by atoms with Crippen LogP contribution in [0.5, 0.6) is 23.0 Å². The zero-order valence-corrected chi connectivity index (χ0v) is 55.9. The minimum atomic E-state index is -0.391. The molecule has 70 heavy (non-hydrogen) atoms. The van der Waals surface area contributed by atoms with Crippen molar-refractivity contribution in [3.05, 3.63) is 132 Å². The first-order valence-corrected chi connectivity index (χ1v) is 31.1. The third-order valence-electron chi connectivity index (χ3n) is 14.9. The van der Waals surface area contributed by atoms with Gasteiger partial charge in [0.1, 0.15) is 34.2 Å². The zero-order chi connectivity index (χ0) is 52.5. The van der Waals surface area contributed by atoms with Crippen LogP contribution in [0.1, 0.15) is 170 Å². The van der Waals surface area contributed by atoms with Crippen LogP contribution in [0.2, 0.25) is 0 Å². The Labute approximate surface area is 489 Å². The number of allylic oxidation sites excluding steroid dienone is 2. The summed E-state index contributed by atoms with van der Waals surface area (Å²) in [5, 5.41) is 0. The summed E-state index contributed by atoms with van der Waals surface area (Å²) in [6.07, 6.45) is 13.1. The number of ether oxygens (including phenoxy) is 4. The van der Waals surface area contributed by atoms with Crippen LogP contribution in [-0.2, 0) is 10.8 Å². The van der Waals surface area contributed by atoms with Crippen molar-refractivity contribution in [3.63, 3.8) is 0 Å². The van der Waals surface area contributed by atoms with Crippen LogP contribution in [0.25, 0.3) is 0 Å². The molecular weight excluding hydrogens is 1400 g/mol. The predicted octanol–water partition coefficient (Wildman–Crippen LogP) is 22.5. The summed E-state index contributed by atoms with van der Waals surface area (Å²) in [6, 6.07) is 17.5. The molecule has 0 N–H and O–H groups in total. The predicted molar refractivity (Wildman–Crippen MR) is 326 cm³/mol. The molecule has 0 amide bonds. The molecule has 0 heterocycles. The van der Waals surface area contributed by atoms with E-state index >= 15 is 0 Å². The topological polar surface area (TPSA) is 36.9 Å². The fourth-order valence-corrected chi connectivity index (χ4v) is 14.9. The summed E-state index contributed by atoms with van der Waals surface area (Å²) in [4.78, 5) is 0. The normalized spacial score (nSPS) is 14.2. The number of benzene rings is 4. The second-order valence-corrected chi connectivity index (χ2v) is 26.9. The lowest BCUT2D eigenvalue weighted by atomic mass is 9.78. The van der Waals surface area contributed by atoms with E-state index in [2.05, 4.69) is 272 Å². The highest BCUT2D eigenvalue weighted by Crippen LogP contribution is 2.49. The highest BCUT2D eigenvalue weighted by atomic mass is 79.9. The molecule has 0 aliphatic carbocycles. The maximum Gasteiger partial charge on any atom is 0.148 e. The van der Waals surface area contributed by atoms with E-state index in [9.17, 15) is 0 Å². The molecule has 0 spiro atoms. The molecule has 12 heteroatoms. The molecule has 0 bridgehead atoms. The standard InChI is InChI=1S/C58H74Br8O4/c1-15-21-23-35(7)57(17-3,18-4)69-53-47(63)31-41(32-48(53)64)56(13,14)40-29-45(61)52(46(62)30-40)68-38(10)26-25-36(8)58(19-5,20-6)70-54-49(65)33-42(34-50(54)66)55(11,12)39-27-43(59)51(44(60)28-39)67-37(9)24-22-16-2/h15-16,27-38H,1-2,17-26H2,3-14H3. The van der Waals surface area contributed by atoms with Gasteiger partial charge in [-0.2, -0.15) is 0 Å². The van der Waals surface area contributed by atoms with Crippen LogP contribution >= 0.6 is 127 Å². The average Bonchev–Trinajstić information content (AvgIpc) is 3.31. The first-order chi connectivity index (χ1) is 32.8. The monoisotopic (exact) mass is 1470 g/mol. The van der Waals surface area contributed by atoms with E-state index in [1.165, 1.54) is 0 Å². The van der Waals surface area contributed by atoms with Gasteiger partial charge in [-0.15, -0.1) is 13.2 Å². The van der Waals surface area contributed by atoms with Crippen molar-refractivity contribution in [1.82, 2.24) is 0 Å². The van der Waals surface area contributed by atoms with Gasteiger partial charge in [-0.1, -0.05) is 81.4 Å². The maximum absolute atomic E-state index is 7.16. The average molecular weight is 1470 g/mol. The fourth-order valence-electron chi connectivity index (χ4n) is 9.48. The SMILES string of the molecule is C=CCCC(C)Oc1c(Br)cc(C(C)(C)c2cc(Br)c(OC(CC)(CC)C(C)CCC(C)Oc3c(Br)cc(C(C)(C)c4cc(Br)c(OC(CC)(CC)C(C)CCC=C)c(Br)c4)cc3Br)c(Br)c2)cc1Br. The lowest BCUT2D eigenvalue weighted by Crippen LogP contribution is -2.42. The van der Waals surface area contributed by atoms with E-state index in [0.29, 0.717) is 5.92 Å². The Bertz CT molecular complexity index is 2330. The quantitative estimate of drug-likeness (QED) is 0.0558. The van der Waals surface area contributed by atoms with Crippen LogP contribution in [0.15, 0.2) is 110 Å². The van der Waals surface area contributed by atoms with Crippen LogP contribution in [-0.4, -0.2) is 23.4 Å². The number of hydrogen-bond donors (Lipinski definition) is 0. The minimum Gasteiger partial charge on any atom is -0.488 e. The van der Waals surface area contributed by atoms with Gasteiger partial charge in [-0.25, -0.2) is 0 Å². The second-order valence-electron chi connectivity index (χ2n) is 20.0. The van der Waals surface area contributed by atoms with Crippen molar-refractivity contribution in [3.8, 4) is 23.0 Å². The highest BCUT2D eigenvalue weighted by molar-refractivity contribution is 9.12. The van der Waals surface area contributed by atoms with Gasteiger partial charge in [0, 0.05) is 10.8 Å². The fraction of sp³-hybridized carbons (Fsp3) is 0.517. The van der Waals surface area contributed by atoms with Crippen molar-refractivity contribution in [2.75, 3.05) is 0 Å². The van der Waals surface area contributed by atoms with E-state index in [1.807, 2.05) is 12.2 Å². The summed E-state index contributed by atoms with van der Waals surface area (Å²) in [5.41, 5.74) is 3.25. The number of hydrogen-bond acceptors (Lipinski definition) is 4. The third kappa shape index (κ3) is 14.7. The smallest absolute Gasteiger partial charge is 0.148 e. The maximum atomic E-state index is 7.16. The number of rotatable bonds is 27. The summed E-state index contributed by atoms with van der Waals surface area (Å²) in [6.45, 7) is 34.6. The molecule has 0 radical (unpaired) electrons. The van der Waals surface area contributed by atoms with Crippen molar-refractivity contribution in [1.29, 1.82) is 0 Å². The van der Waals surface area contributed by atoms with Crippen molar-refractivity contribution < 1.29 is 18.9 Å². The van der Waals surface area contributed by atoms with E-state index in [1.54, 1.807) is 0 Å². The van der Waals surface area contributed by atoms with Crippen LogP contribution in [0.3, 0.4) is 0 Å². The molecule has 4 aromatic carbocycles. The molecule has 0 aromatic heterocycles. The van der Waals surface area contributed by atoms with Gasteiger partial charge in [0.15, 0.2) is 0 Å². The summed E-state index contributed by atoms with van der Waals surface area (Å²) >= 11 is 31.2. The van der Waals surface area contributed by atoms with E-state index in [0.717, 1.165) is 145 Å². The van der Waals surface area contributed by atoms with E-state index in [4.69, 9.17) is 18.9 Å². The van der Waals surface area contributed by atoms with Crippen LogP contribution in [0, 0.1) is 11.8 Å². The van der Waals surface area contributed by atoms with Gasteiger partial charge >= 0.3 is 0 Å². The molecule has 0 aliphatic rings. The molecule has 0 saturated heterocycles. The Morgan fingerprint density at radius 2 is 0.671 bits per heavy atom. The largest absolute Gasteiger partial charge is 0.488 e. The molecular formula is C58H74Br8O4.